The summed E-state index contributed by atoms with van der Waals surface area (Å²) >= 11 is 0. The Morgan fingerprint density at radius 3 is 0.917 bits per heavy atom. The smallest absolute Gasteiger partial charge is 0.336 e. The highest BCUT2D eigenvalue weighted by Crippen LogP contribution is 2.32. The van der Waals surface area contributed by atoms with Crippen LogP contribution in [0.3, 0.4) is 0 Å². The van der Waals surface area contributed by atoms with Gasteiger partial charge in [-0.2, -0.15) is 0 Å². The summed E-state index contributed by atoms with van der Waals surface area (Å²) in [6, 6.07) is 0. The number of carboxylic acids is 3. The summed E-state index contributed by atoms with van der Waals surface area (Å²) in [6.07, 6.45) is 2.59. The Morgan fingerprint density at radius 2 is 0.792 bits per heavy atom. The topological polar surface area (TPSA) is 112 Å². The fourth-order valence-corrected chi connectivity index (χ4v) is 3.20. The van der Waals surface area contributed by atoms with E-state index >= 15 is 0 Å². The molecule has 0 spiro atoms. The van der Waals surface area contributed by atoms with Gasteiger partial charge in [0.15, 0.2) is 0 Å². The molecule has 0 saturated carbocycles. The number of aromatic carboxylic acids is 3. The quantitative estimate of drug-likeness (QED) is 0.635. The van der Waals surface area contributed by atoms with E-state index in [0.29, 0.717) is 19.3 Å². The van der Waals surface area contributed by atoms with Gasteiger partial charge in [0, 0.05) is 0 Å². The van der Waals surface area contributed by atoms with Crippen LogP contribution in [0, 0.1) is 0 Å². The third kappa shape index (κ3) is 3.75. The number of hydrogen-bond donors (Lipinski definition) is 3. The second-order valence-corrected chi connectivity index (χ2v) is 5.73. The molecule has 0 atom stereocenters. The first-order valence-corrected chi connectivity index (χ1v) is 8.22. The molecule has 0 aliphatic carbocycles. The van der Waals surface area contributed by atoms with Crippen molar-refractivity contribution in [3.05, 3.63) is 33.4 Å². The second kappa shape index (κ2) is 8.47. The maximum atomic E-state index is 11.8. The molecule has 6 nitrogen and oxygen atoms in total. The van der Waals surface area contributed by atoms with Crippen molar-refractivity contribution in [2.45, 2.75) is 59.3 Å². The fraction of sp³-hybridized carbons (Fsp3) is 0.500. The van der Waals surface area contributed by atoms with E-state index in [1.807, 2.05) is 20.8 Å². The molecule has 24 heavy (non-hydrogen) atoms. The third-order valence-corrected chi connectivity index (χ3v) is 3.95. The summed E-state index contributed by atoms with van der Waals surface area (Å²) in [6.45, 7) is 5.50. The number of carbonyl (C=O) groups is 3. The number of hydrogen-bond acceptors (Lipinski definition) is 3. The maximum absolute atomic E-state index is 11.8. The van der Waals surface area contributed by atoms with Crippen molar-refractivity contribution in [1.82, 2.24) is 0 Å². The predicted molar refractivity (Wildman–Crippen MR) is 89.3 cm³/mol. The summed E-state index contributed by atoms with van der Waals surface area (Å²) < 4.78 is 0. The first kappa shape index (κ1) is 19.7. The standard InChI is InChI=1S/C18H24O6/c1-4-7-10-13(16(19)20)11(8-5-2)15(18(23)24)12(9-6-3)14(10)17(21)22/h4-9H2,1-3H3,(H,19,20)(H,21,22)(H,23,24). The Morgan fingerprint density at radius 1 is 0.583 bits per heavy atom. The van der Waals surface area contributed by atoms with Gasteiger partial charge in [0.1, 0.15) is 0 Å². The van der Waals surface area contributed by atoms with Gasteiger partial charge in [0.2, 0.25) is 0 Å². The molecule has 132 valence electrons. The minimum absolute atomic E-state index is 0.145. The molecule has 1 aromatic rings. The molecular formula is C18H24O6. The molecule has 0 bridgehead atoms. The molecule has 0 unspecified atom stereocenters. The molecule has 0 aromatic heterocycles. The largest absolute Gasteiger partial charge is 0.478 e. The van der Waals surface area contributed by atoms with Crippen molar-refractivity contribution in [3.8, 4) is 0 Å². The van der Waals surface area contributed by atoms with Crippen molar-refractivity contribution in [2.24, 2.45) is 0 Å². The lowest BCUT2D eigenvalue weighted by Crippen LogP contribution is -2.22. The van der Waals surface area contributed by atoms with E-state index in [-0.39, 0.29) is 52.6 Å². The van der Waals surface area contributed by atoms with E-state index < -0.39 is 17.9 Å². The van der Waals surface area contributed by atoms with Gasteiger partial charge in [-0.1, -0.05) is 40.0 Å². The van der Waals surface area contributed by atoms with Crippen molar-refractivity contribution in [2.75, 3.05) is 0 Å². The molecule has 0 saturated heterocycles. The molecule has 0 heterocycles. The van der Waals surface area contributed by atoms with E-state index in [1.54, 1.807) is 0 Å². The summed E-state index contributed by atoms with van der Waals surface area (Å²) in [5.41, 5.74) is 0.299. The van der Waals surface area contributed by atoms with Crippen LogP contribution in [-0.2, 0) is 19.3 Å². The Balaban J connectivity index is 4.09. The average molecular weight is 336 g/mol. The van der Waals surface area contributed by atoms with Gasteiger partial charge < -0.3 is 15.3 Å². The first-order chi connectivity index (χ1) is 11.3. The molecule has 0 aliphatic rings. The van der Waals surface area contributed by atoms with Crippen LogP contribution in [0.25, 0.3) is 0 Å². The van der Waals surface area contributed by atoms with Crippen LogP contribution in [0.15, 0.2) is 0 Å². The fourth-order valence-electron chi connectivity index (χ4n) is 3.20. The van der Waals surface area contributed by atoms with Crippen LogP contribution in [0.1, 0.15) is 87.8 Å². The van der Waals surface area contributed by atoms with E-state index in [9.17, 15) is 29.7 Å². The molecule has 0 fully saturated rings. The number of carboxylic acid groups (broad SMARTS) is 3. The average Bonchev–Trinajstić information content (AvgIpc) is 2.46. The SMILES string of the molecule is CCCc1c(C(=O)O)c(CCC)c(C(=O)O)c(CCC)c1C(=O)O. The summed E-state index contributed by atoms with van der Waals surface area (Å²) in [7, 11) is 0. The van der Waals surface area contributed by atoms with Gasteiger partial charge in [-0.25, -0.2) is 14.4 Å². The molecular weight excluding hydrogens is 312 g/mol. The van der Waals surface area contributed by atoms with Gasteiger partial charge in [0.25, 0.3) is 0 Å². The van der Waals surface area contributed by atoms with Crippen LogP contribution in [0.2, 0.25) is 0 Å². The Bertz CT molecular complexity index is 548. The zero-order chi connectivity index (χ0) is 18.4. The monoisotopic (exact) mass is 336 g/mol. The van der Waals surface area contributed by atoms with Crippen LogP contribution in [-0.4, -0.2) is 33.2 Å². The maximum Gasteiger partial charge on any atom is 0.336 e. The van der Waals surface area contributed by atoms with Gasteiger partial charge in [-0.3, -0.25) is 0 Å². The summed E-state index contributed by atoms with van der Waals surface area (Å²) in [5.74, 6) is -3.81. The minimum atomic E-state index is -1.27. The lowest BCUT2D eigenvalue weighted by atomic mass is 9.81. The molecule has 1 aromatic carbocycles. The van der Waals surface area contributed by atoms with E-state index in [0.717, 1.165) is 0 Å². The van der Waals surface area contributed by atoms with Crippen LogP contribution >= 0.6 is 0 Å². The number of benzene rings is 1. The second-order valence-electron chi connectivity index (χ2n) is 5.73. The Labute approximate surface area is 141 Å². The normalized spacial score (nSPS) is 10.6. The Hall–Kier alpha value is -2.37. The molecule has 0 amide bonds. The molecule has 0 aliphatic heterocycles. The van der Waals surface area contributed by atoms with Gasteiger partial charge in [0.05, 0.1) is 16.7 Å². The molecule has 1 rings (SSSR count). The van der Waals surface area contributed by atoms with Crippen molar-refractivity contribution < 1.29 is 29.7 Å². The number of rotatable bonds is 9. The van der Waals surface area contributed by atoms with Crippen LogP contribution in [0.5, 0.6) is 0 Å². The lowest BCUT2D eigenvalue weighted by molar-refractivity contribution is 0.0693. The Kier molecular flexibility index (Phi) is 6.95. The van der Waals surface area contributed by atoms with E-state index in [1.165, 1.54) is 0 Å². The van der Waals surface area contributed by atoms with E-state index in [2.05, 4.69) is 0 Å². The first-order valence-electron chi connectivity index (χ1n) is 8.22. The zero-order valence-electron chi connectivity index (χ0n) is 14.3. The van der Waals surface area contributed by atoms with Gasteiger partial charge in [-0.05, 0) is 36.0 Å². The van der Waals surface area contributed by atoms with Crippen molar-refractivity contribution >= 4 is 17.9 Å². The highest BCUT2D eigenvalue weighted by atomic mass is 16.4. The predicted octanol–water partition coefficient (Wildman–Crippen LogP) is 3.64. The van der Waals surface area contributed by atoms with Crippen LogP contribution in [0.4, 0.5) is 0 Å². The molecule has 6 heteroatoms. The van der Waals surface area contributed by atoms with E-state index in [4.69, 9.17) is 0 Å². The third-order valence-electron chi connectivity index (χ3n) is 3.95. The van der Waals surface area contributed by atoms with Gasteiger partial charge >= 0.3 is 17.9 Å². The van der Waals surface area contributed by atoms with Crippen LogP contribution < -0.4 is 0 Å². The lowest BCUT2D eigenvalue weighted by Gasteiger charge is -2.21. The summed E-state index contributed by atoms with van der Waals surface area (Å²) in [5, 5.41) is 28.9. The van der Waals surface area contributed by atoms with Crippen molar-refractivity contribution in [1.29, 1.82) is 0 Å². The highest BCUT2D eigenvalue weighted by Gasteiger charge is 2.31. The minimum Gasteiger partial charge on any atom is -0.478 e. The molecule has 0 radical (unpaired) electrons. The molecule has 3 N–H and O–H groups in total. The van der Waals surface area contributed by atoms with Gasteiger partial charge in [-0.15, -0.1) is 0 Å². The summed E-state index contributed by atoms with van der Waals surface area (Å²) in [4.78, 5) is 35.5. The zero-order valence-corrected chi connectivity index (χ0v) is 14.3. The highest BCUT2D eigenvalue weighted by molar-refractivity contribution is 6.05. The van der Waals surface area contributed by atoms with Crippen molar-refractivity contribution in [3.63, 3.8) is 0 Å².